The highest BCUT2D eigenvalue weighted by molar-refractivity contribution is 5.90. The third-order valence-corrected chi connectivity index (χ3v) is 1.98. The number of ether oxygens (including phenoxy) is 2. The van der Waals surface area contributed by atoms with Crippen molar-refractivity contribution in [2.45, 2.75) is 6.92 Å². The van der Waals surface area contributed by atoms with Gasteiger partial charge in [-0.1, -0.05) is 6.07 Å². The zero-order valence-electron chi connectivity index (χ0n) is 9.66. The van der Waals surface area contributed by atoms with Gasteiger partial charge >= 0.3 is 6.03 Å². The zero-order valence-corrected chi connectivity index (χ0v) is 9.66. The van der Waals surface area contributed by atoms with Crippen molar-refractivity contribution >= 4 is 11.7 Å². The maximum atomic E-state index is 11.4. The summed E-state index contributed by atoms with van der Waals surface area (Å²) in [5, 5.41) is 5.21. The number of urea groups is 1. The monoisotopic (exact) mass is 224 g/mol. The predicted octanol–water partition coefficient (Wildman–Crippen LogP) is 1.73. The largest absolute Gasteiger partial charge is 0.495 e. The Morgan fingerprint density at radius 3 is 2.75 bits per heavy atom. The minimum atomic E-state index is -0.328. The molecule has 0 saturated heterocycles. The second-order valence-corrected chi connectivity index (χ2v) is 3.27. The number of carbonyl (C=O) groups excluding carboxylic acids is 1. The van der Waals surface area contributed by atoms with Crippen LogP contribution in [-0.4, -0.2) is 27.0 Å². The first-order valence-electron chi connectivity index (χ1n) is 4.86. The number of methoxy groups -OCH3 is 2. The van der Waals surface area contributed by atoms with Crippen LogP contribution in [0.1, 0.15) is 5.56 Å². The van der Waals surface area contributed by atoms with Gasteiger partial charge in [-0.3, -0.25) is 0 Å². The summed E-state index contributed by atoms with van der Waals surface area (Å²) in [6.45, 7) is 2.11. The minimum Gasteiger partial charge on any atom is -0.495 e. The lowest BCUT2D eigenvalue weighted by Crippen LogP contribution is -2.30. The normalized spacial score (nSPS) is 9.69. The van der Waals surface area contributed by atoms with Crippen LogP contribution in [0.3, 0.4) is 0 Å². The average molecular weight is 224 g/mol. The maximum absolute atomic E-state index is 11.4. The Morgan fingerprint density at radius 1 is 1.38 bits per heavy atom. The quantitative estimate of drug-likeness (QED) is 0.766. The van der Waals surface area contributed by atoms with E-state index in [1.165, 1.54) is 7.11 Å². The summed E-state index contributed by atoms with van der Waals surface area (Å²) < 4.78 is 9.86. The van der Waals surface area contributed by atoms with E-state index in [4.69, 9.17) is 9.47 Å². The van der Waals surface area contributed by atoms with Gasteiger partial charge in [-0.05, 0) is 24.6 Å². The maximum Gasteiger partial charge on any atom is 0.321 e. The summed E-state index contributed by atoms with van der Waals surface area (Å²) in [6, 6.07) is 5.23. The van der Waals surface area contributed by atoms with Crippen molar-refractivity contribution in [2.24, 2.45) is 0 Å². The second-order valence-electron chi connectivity index (χ2n) is 3.27. The first kappa shape index (κ1) is 12.3. The Hall–Kier alpha value is -1.75. The van der Waals surface area contributed by atoms with Crippen LogP contribution in [0.4, 0.5) is 10.5 Å². The first-order valence-corrected chi connectivity index (χ1v) is 4.86. The van der Waals surface area contributed by atoms with Gasteiger partial charge in [0.15, 0.2) is 0 Å². The fourth-order valence-corrected chi connectivity index (χ4v) is 1.22. The van der Waals surface area contributed by atoms with E-state index in [1.54, 1.807) is 13.2 Å². The van der Waals surface area contributed by atoms with Gasteiger partial charge in [-0.2, -0.15) is 0 Å². The molecule has 0 aliphatic rings. The number of benzene rings is 1. The zero-order chi connectivity index (χ0) is 12.0. The highest BCUT2D eigenvalue weighted by Crippen LogP contribution is 2.24. The van der Waals surface area contributed by atoms with E-state index in [2.05, 4.69) is 10.6 Å². The van der Waals surface area contributed by atoms with Crippen LogP contribution in [0, 0.1) is 6.92 Å². The average Bonchev–Trinajstić information content (AvgIpc) is 2.27. The molecule has 0 aliphatic carbocycles. The van der Waals surface area contributed by atoms with Gasteiger partial charge in [0.25, 0.3) is 0 Å². The fraction of sp³-hybridized carbons (Fsp3) is 0.364. The number of carbonyl (C=O) groups is 1. The molecule has 1 aromatic rings. The predicted molar refractivity (Wildman–Crippen MR) is 61.8 cm³/mol. The summed E-state index contributed by atoms with van der Waals surface area (Å²) >= 11 is 0. The summed E-state index contributed by atoms with van der Waals surface area (Å²) in [4.78, 5) is 11.4. The molecule has 2 N–H and O–H groups in total. The number of anilines is 1. The van der Waals surface area contributed by atoms with E-state index in [1.807, 2.05) is 19.1 Å². The third-order valence-electron chi connectivity index (χ3n) is 1.98. The van der Waals surface area contributed by atoms with Crippen LogP contribution in [-0.2, 0) is 4.74 Å². The SMILES string of the molecule is COCNC(=O)Nc1cc(C)ccc1OC. The van der Waals surface area contributed by atoms with Gasteiger partial charge in [0.2, 0.25) is 0 Å². The number of aryl methyl sites for hydroxylation is 1. The van der Waals surface area contributed by atoms with Crippen LogP contribution >= 0.6 is 0 Å². The van der Waals surface area contributed by atoms with Gasteiger partial charge in [-0.25, -0.2) is 4.79 Å². The molecule has 0 aromatic heterocycles. The van der Waals surface area contributed by atoms with Crippen LogP contribution in [0.15, 0.2) is 18.2 Å². The lowest BCUT2D eigenvalue weighted by Gasteiger charge is -2.11. The Balaban J connectivity index is 2.71. The van der Waals surface area contributed by atoms with E-state index in [0.29, 0.717) is 11.4 Å². The van der Waals surface area contributed by atoms with Crippen molar-refractivity contribution in [3.63, 3.8) is 0 Å². The van der Waals surface area contributed by atoms with E-state index in [9.17, 15) is 4.79 Å². The number of amides is 2. The standard InChI is InChI=1S/C11H16N2O3/c1-8-4-5-10(16-3)9(6-8)13-11(14)12-7-15-2/h4-6H,7H2,1-3H3,(H2,12,13,14). The molecule has 88 valence electrons. The molecular formula is C11H16N2O3. The lowest BCUT2D eigenvalue weighted by atomic mass is 10.2. The molecule has 16 heavy (non-hydrogen) atoms. The van der Waals surface area contributed by atoms with E-state index in [0.717, 1.165) is 5.56 Å². The Bertz CT molecular complexity index is 366. The summed E-state index contributed by atoms with van der Waals surface area (Å²) in [5.41, 5.74) is 1.68. The highest BCUT2D eigenvalue weighted by atomic mass is 16.5. The number of nitrogens with one attached hydrogen (secondary N) is 2. The molecule has 0 aliphatic heterocycles. The van der Waals surface area contributed by atoms with E-state index in [-0.39, 0.29) is 12.8 Å². The Labute approximate surface area is 94.7 Å². The molecule has 0 atom stereocenters. The number of hydrogen-bond donors (Lipinski definition) is 2. The van der Waals surface area contributed by atoms with Gasteiger partial charge in [0.1, 0.15) is 12.5 Å². The van der Waals surface area contributed by atoms with Crippen LogP contribution in [0.25, 0.3) is 0 Å². The van der Waals surface area contributed by atoms with Crippen molar-refractivity contribution in [1.82, 2.24) is 5.32 Å². The van der Waals surface area contributed by atoms with Crippen molar-refractivity contribution in [3.8, 4) is 5.75 Å². The van der Waals surface area contributed by atoms with Crippen molar-refractivity contribution < 1.29 is 14.3 Å². The summed E-state index contributed by atoms with van der Waals surface area (Å²) in [7, 11) is 3.07. The van der Waals surface area contributed by atoms with Crippen molar-refractivity contribution in [2.75, 3.05) is 26.3 Å². The molecule has 0 heterocycles. The molecule has 0 unspecified atom stereocenters. The van der Waals surface area contributed by atoms with Crippen molar-refractivity contribution in [1.29, 1.82) is 0 Å². The molecule has 0 fully saturated rings. The Morgan fingerprint density at radius 2 is 2.12 bits per heavy atom. The molecule has 0 saturated carbocycles. The van der Waals surface area contributed by atoms with Crippen LogP contribution in [0.5, 0.6) is 5.75 Å². The third kappa shape index (κ3) is 3.43. The summed E-state index contributed by atoms with van der Waals surface area (Å²) in [6.07, 6.45) is 0. The smallest absolute Gasteiger partial charge is 0.321 e. The van der Waals surface area contributed by atoms with Crippen molar-refractivity contribution in [3.05, 3.63) is 23.8 Å². The van der Waals surface area contributed by atoms with E-state index >= 15 is 0 Å². The molecular weight excluding hydrogens is 208 g/mol. The van der Waals surface area contributed by atoms with Crippen LogP contribution < -0.4 is 15.4 Å². The van der Waals surface area contributed by atoms with Gasteiger partial charge < -0.3 is 20.1 Å². The Kier molecular flexibility index (Phi) is 4.60. The first-order chi connectivity index (χ1) is 7.67. The van der Waals surface area contributed by atoms with Gasteiger partial charge in [-0.15, -0.1) is 0 Å². The molecule has 0 bridgehead atoms. The topological polar surface area (TPSA) is 59.6 Å². The molecule has 5 nitrogen and oxygen atoms in total. The van der Waals surface area contributed by atoms with Gasteiger partial charge in [0, 0.05) is 7.11 Å². The minimum absolute atomic E-state index is 0.167. The highest BCUT2D eigenvalue weighted by Gasteiger charge is 2.06. The number of hydrogen-bond acceptors (Lipinski definition) is 3. The molecule has 1 rings (SSSR count). The molecule has 5 heteroatoms. The van der Waals surface area contributed by atoms with E-state index < -0.39 is 0 Å². The second kappa shape index (κ2) is 5.97. The lowest BCUT2D eigenvalue weighted by molar-refractivity contribution is 0.177. The van der Waals surface area contributed by atoms with Gasteiger partial charge in [0.05, 0.1) is 12.8 Å². The summed E-state index contributed by atoms with van der Waals surface area (Å²) in [5.74, 6) is 0.623. The molecule has 0 radical (unpaired) electrons. The van der Waals surface area contributed by atoms with Crippen LogP contribution in [0.2, 0.25) is 0 Å². The number of rotatable bonds is 4. The fourth-order valence-electron chi connectivity index (χ4n) is 1.22. The molecule has 0 spiro atoms. The molecule has 1 aromatic carbocycles. The molecule has 2 amide bonds.